The number of rotatable bonds is 3. The van der Waals surface area contributed by atoms with E-state index in [0.717, 1.165) is 0 Å². The third-order valence-electron chi connectivity index (χ3n) is 3.30. The Morgan fingerprint density at radius 1 is 1.37 bits per heavy atom. The van der Waals surface area contributed by atoms with E-state index in [1.807, 2.05) is 6.92 Å². The molecule has 2 N–H and O–H groups in total. The SMILES string of the molecule is CC1CCC(C(CO)C(=O)O)N1C(=O)OC(C)(C)C. The summed E-state index contributed by atoms with van der Waals surface area (Å²) in [6.07, 6.45) is 0.772. The van der Waals surface area contributed by atoms with Crippen LogP contribution in [0.1, 0.15) is 40.5 Å². The minimum absolute atomic E-state index is 0.0757. The van der Waals surface area contributed by atoms with Gasteiger partial charge in [0.2, 0.25) is 0 Å². The van der Waals surface area contributed by atoms with Crippen LogP contribution in [-0.2, 0) is 9.53 Å². The van der Waals surface area contributed by atoms with Crippen LogP contribution in [0.5, 0.6) is 0 Å². The molecule has 0 spiro atoms. The average Bonchev–Trinajstić information content (AvgIpc) is 2.58. The monoisotopic (exact) mass is 273 g/mol. The van der Waals surface area contributed by atoms with Crippen LogP contribution in [0, 0.1) is 5.92 Å². The fourth-order valence-electron chi connectivity index (χ4n) is 2.41. The van der Waals surface area contributed by atoms with Crippen LogP contribution in [0.3, 0.4) is 0 Å². The van der Waals surface area contributed by atoms with E-state index >= 15 is 0 Å². The van der Waals surface area contributed by atoms with E-state index in [2.05, 4.69) is 0 Å². The molecule has 0 aromatic heterocycles. The van der Waals surface area contributed by atoms with Gasteiger partial charge in [-0.1, -0.05) is 0 Å². The first-order chi connectivity index (χ1) is 8.67. The average molecular weight is 273 g/mol. The van der Waals surface area contributed by atoms with Crippen LogP contribution in [-0.4, -0.2) is 51.5 Å². The molecule has 3 atom stereocenters. The number of nitrogens with zero attached hydrogens (tertiary/aromatic N) is 1. The number of ether oxygens (including phenoxy) is 1. The Morgan fingerprint density at radius 3 is 2.37 bits per heavy atom. The van der Waals surface area contributed by atoms with E-state index in [1.54, 1.807) is 20.8 Å². The number of likely N-dealkylation sites (tertiary alicyclic amines) is 1. The van der Waals surface area contributed by atoms with E-state index in [0.29, 0.717) is 12.8 Å². The normalized spacial score (nSPS) is 25.2. The maximum Gasteiger partial charge on any atom is 0.410 e. The maximum absolute atomic E-state index is 12.2. The lowest BCUT2D eigenvalue weighted by molar-refractivity contribution is -0.145. The molecule has 0 aromatic carbocycles. The lowest BCUT2D eigenvalue weighted by Gasteiger charge is -2.33. The van der Waals surface area contributed by atoms with Crippen LogP contribution in [0.4, 0.5) is 4.79 Å². The standard InChI is InChI=1S/C13H23NO5/c1-8-5-6-10(9(7-15)11(16)17)14(8)12(18)19-13(2,3)4/h8-10,15H,5-7H2,1-4H3,(H,16,17). The summed E-state index contributed by atoms with van der Waals surface area (Å²) >= 11 is 0. The predicted molar refractivity (Wildman–Crippen MR) is 68.8 cm³/mol. The minimum Gasteiger partial charge on any atom is -0.481 e. The molecule has 1 rings (SSSR count). The molecule has 1 amide bonds. The Bertz CT molecular complexity index is 349. The van der Waals surface area contributed by atoms with Gasteiger partial charge in [-0.25, -0.2) is 4.79 Å². The summed E-state index contributed by atoms with van der Waals surface area (Å²) in [6, 6.07) is -0.583. The van der Waals surface area contributed by atoms with Gasteiger partial charge in [0.05, 0.1) is 12.6 Å². The van der Waals surface area contributed by atoms with Crippen molar-refractivity contribution in [2.75, 3.05) is 6.61 Å². The maximum atomic E-state index is 12.2. The van der Waals surface area contributed by atoms with E-state index in [4.69, 9.17) is 9.84 Å². The molecule has 110 valence electrons. The second-order valence-electron chi connectivity index (χ2n) is 6.01. The van der Waals surface area contributed by atoms with Gasteiger partial charge >= 0.3 is 12.1 Å². The van der Waals surface area contributed by atoms with E-state index in [9.17, 15) is 14.7 Å². The molecule has 1 fully saturated rings. The smallest absolute Gasteiger partial charge is 0.410 e. The lowest BCUT2D eigenvalue weighted by atomic mass is 9.99. The summed E-state index contributed by atoms with van der Waals surface area (Å²) < 4.78 is 5.31. The Kier molecular flexibility index (Phi) is 4.79. The van der Waals surface area contributed by atoms with Gasteiger partial charge in [0.25, 0.3) is 0 Å². The zero-order valence-electron chi connectivity index (χ0n) is 11.9. The van der Waals surface area contributed by atoms with Gasteiger partial charge in [-0.15, -0.1) is 0 Å². The molecule has 19 heavy (non-hydrogen) atoms. The summed E-state index contributed by atoms with van der Waals surface area (Å²) in [5, 5.41) is 18.3. The molecule has 0 saturated carbocycles. The van der Waals surface area contributed by atoms with Gasteiger partial charge in [-0.3, -0.25) is 4.79 Å². The van der Waals surface area contributed by atoms with Crippen molar-refractivity contribution in [3.63, 3.8) is 0 Å². The number of carbonyl (C=O) groups is 2. The number of hydrogen-bond donors (Lipinski definition) is 2. The summed E-state index contributed by atoms with van der Waals surface area (Å²) in [5.74, 6) is -2.05. The second-order valence-corrected chi connectivity index (χ2v) is 6.01. The molecule has 6 heteroatoms. The first-order valence-corrected chi connectivity index (χ1v) is 6.52. The molecule has 0 aromatic rings. The number of aliphatic carboxylic acids is 1. The van der Waals surface area contributed by atoms with Crippen LogP contribution < -0.4 is 0 Å². The van der Waals surface area contributed by atoms with Crippen molar-refractivity contribution < 1.29 is 24.5 Å². The highest BCUT2D eigenvalue weighted by atomic mass is 16.6. The summed E-state index contributed by atoms with van der Waals surface area (Å²) in [6.45, 7) is 6.68. The molecule has 6 nitrogen and oxygen atoms in total. The lowest BCUT2D eigenvalue weighted by Crippen LogP contribution is -2.48. The van der Waals surface area contributed by atoms with Crippen LogP contribution in [0.15, 0.2) is 0 Å². The second kappa shape index (κ2) is 5.77. The van der Waals surface area contributed by atoms with Crippen molar-refractivity contribution in [3.05, 3.63) is 0 Å². The molecule has 0 radical (unpaired) electrons. The zero-order valence-corrected chi connectivity index (χ0v) is 11.9. The molecule has 1 aliphatic heterocycles. The highest BCUT2D eigenvalue weighted by molar-refractivity contribution is 5.74. The summed E-state index contributed by atoms with van der Waals surface area (Å²) in [7, 11) is 0. The Morgan fingerprint density at radius 2 is 1.95 bits per heavy atom. The van der Waals surface area contributed by atoms with Crippen molar-refractivity contribution in [1.82, 2.24) is 4.90 Å². The van der Waals surface area contributed by atoms with Crippen LogP contribution in [0.2, 0.25) is 0 Å². The number of carbonyl (C=O) groups excluding carboxylic acids is 1. The number of carboxylic acid groups (broad SMARTS) is 1. The van der Waals surface area contributed by atoms with Crippen LogP contribution in [0.25, 0.3) is 0 Å². The van der Waals surface area contributed by atoms with Gasteiger partial charge in [0.1, 0.15) is 11.5 Å². The largest absolute Gasteiger partial charge is 0.481 e. The van der Waals surface area contributed by atoms with E-state index in [1.165, 1.54) is 4.90 Å². The van der Waals surface area contributed by atoms with E-state index in [-0.39, 0.29) is 6.04 Å². The highest BCUT2D eigenvalue weighted by Gasteiger charge is 2.43. The predicted octanol–water partition coefficient (Wildman–Crippen LogP) is 1.47. The molecule has 1 saturated heterocycles. The van der Waals surface area contributed by atoms with E-state index < -0.39 is 36.2 Å². The third kappa shape index (κ3) is 3.83. The summed E-state index contributed by atoms with van der Waals surface area (Å²) in [4.78, 5) is 24.8. The zero-order chi connectivity index (χ0) is 14.8. The topological polar surface area (TPSA) is 87.1 Å². The van der Waals surface area contributed by atoms with Gasteiger partial charge < -0.3 is 19.8 Å². The fraction of sp³-hybridized carbons (Fsp3) is 0.846. The van der Waals surface area contributed by atoms with Crippen molar-refractivity contribution in [1.29, 1.82) is 0 Å². The molecule has 3 unspecified atom stereocenters. The van der Waals surface area contributed by atoms with Gasteiger partial charge in [0, 0.05) is 6.04 Å². The molecule has 0 bridgehead atoms. The van der Waals surface area contributed by atoms with Crippen molar-refractivity contribution in [3.8, 4) is 0 Å². The van der Waals surface area contributed by atoms with Crippen molar-refractivity contribution >= 4 is 12.1 Å². The third-order valence-corrected chi connectivity index (χ3v) is 3.30. The molecular weight excluding hydrogens is 250 g/mol. The Labute approximate surface area is 113 Å². The van der Waals surface area contributed by atoms with Crippen LogP contribution >= 0.6 is 0 Å². The fourth-order valence-corrected chi connectivity index (χ4v) is 2.41. The highest BCUT2D eigenvalue weighted by Crippen LogP contribution is 2.30. The number of carboxylic acids is 1. The Hall–Kier alpha value is -1.30. The van der Waals surface area contributed by atoms with Gasteiger partial charge in [-0.05, 0) is 40.5 Å². The van der Waals surface area contributed by atoms with Gasteiger partial charge in [-0.2, -0.15) is 0 Å². The number of aliphatic hydroxyl groups excluding tert-OH is 1. The first kappa shape index (κ1) is 15.8. The minimum atomic E-state index is -1.09. The quantitative estimate of drug-likeness (QED) is 0.813. The number of amides is 1. The number of aliphatic hydroxyl groups is 1. The number of hydrogen-bond acceptors (Lipinski definition) is 4. The Balaban J connectivity index is 2.88. The van der Waals surface area contributed by atoms with Crippen molar-refractivity contribution in [2.24, 2.45) is 5.92 Å². The molecule has 0 aliphatic carbocycles. The first-order valence-electron chi connectivity index (χ1n) is 6.52. The van der Waals surface area contributed by atoms with Gasteiger partial charge in [0.15, 0.2) is 0 Å². The summed E-state index contributed by atoms with van der Waals surface area (Å²) in [5.41, 5.74) is -0.623. The van der Waals surface area contributed by atoms with Crippen molar-refractivity contribution in [2.45, 2.75) is 58.2 Å². The molecular formula is C13H23NO5. The molecule has 1 aliphatic rings. The molecule has 1 heterocycles.